The minimum absolute atomic E-state index is 0.159. The van der Waals surface area contributed by atoms with Crippen molar-refractivity contribution in [1.29, 1.82) is 0 Å². The SMILES string of the molecule is C/C=C1/NC(=O)C(=C\c2[nH]c(C)c(C(=O)NCC(O)CN3CCOCC3)c2C)/C1=C/CCl. The van der Waals surface area contributed by atoms with Crippen molar-refractivity contribution < 1.29 is 19.4 Å². The molecule has 2 amide bonds. The monoisotopic (exact) mass is 462 g/mol. The Balaban J connectivity index is 1.72. The van der Waals surface area contributed by atoms with Crippen molar-refractivity contribution >= 4 is 29.5 Å². The molecule has 1 unspecified atom stereocenters. The van der Waals surface area contributed by atoms with E-state index in [1.165, 1.54) is 0 Å². The lowest BCUT2D eigenvalue weighted by atomic mass is 10.0. The van der Waals surface area contributed by atoms with E-state index in [2.05, 4.69) is 20.5 Å². The topological polar surface area (TPSA) is 107 Å². The molecular weight excluding hydrogens is 432 g/mol. The Labute approximate surface area is 193 Å². The number of rotatable bonds is 7. The maximum absolute atomic E-state index is 12.8. The van der Waals surface area contributed by atoms with Gasteiger partial charge < -0.3 is 25.5 Å². The summed E-state index contributed by atoms with van der Waals surface area (Å²) in [7, 11) is 0. The lowest BCUT2D eigenvalue weighted by Crippen LogP contribution is -2.44. The van der Waals surface area contributed by atoms with Crippen molar-refractivity contribution in [1.82, 2.24) is 20.5 Å². The number of carbonyl (C=O) groups excluding carboxylic acids is 2. The second-order valence-corrected chi connectivity index (χ2v) is 8.24. The summed E-state index contributed by atoms with van der Waals surface area (Å²) >= 11 is 5.88. The summed E-state index contributed by atoms with van der Waals surface area (Å²) in [6, 6.07) is 0. The van der Waals surface area contributed by atoms with Gasteiger partial charge in [0.1, 0.15) is 0 Å². The van der Waals surface area contributed by atoms with Crippen LogP contribution in [0.25, 0.3) is 6.08 Å². The molecule has 174 valence electrons. The van der Waals surface area contributed by atoms with E-state index in [1.54, 1.807) is 12.2 Å². The third-order valence-corrected chi connectivity index (χ3v) is 5.86. The number of morpholine rings is 1. The largest absolute Gasteiger partial charge is 0.390 e. The van der Waals surface area contributed by atoms with E-state index in [9.17, 15) is 14.7 Å². The van der Waals surface area contributed by atoms with Gasteiger partial charge in [-0.15, -0.1) is 11.6 Å². The highest BCUT2D eigenvalue weighted by Crippen LogP contribution is 2.29. The summed E-state index contributed by atoms with van der Waals surface area (Å²) in [5.74, 6) is -0.191. The first kappa shape index (κ1) is 24.3. The Bertz CT molecular complexity index is 957. The van der Waals surface area contributed by atoms with Crippen LogP contribution >= 0.6 is 11.6 Å². The average molecular weight is 463 g/mol. The lowest BCUT2D eigenvalue weighted by Gasteiger charge is -2.28. The number of aromatic amines is 1. The Kier molecular flexibility index (Phi) is 8.31. The van der Waals surface area contributed by atoms with Gasteiger partial charge in [0.2, 0.25) is 0 Å². The van der Waals surface area contributed by atoms with Gasteiger partial charge in [0.25, 0.3) is 11.8 Å². The molecular formula is C23H31ClN4O4. The first-order valence-corrected chi connectivity index (χ1v) is 11.3. The number of aryl methyl sites for hydroxylation is 1. The summed E-state index contributed by atoms with van der Waals surface area (Å²) in [5.41, 5.74) is 4.60. The molecule has 2 aliphatic heterocycles. The highest BCUT2D eigenvalue weighted by molar-refractivity contribution is 6.19. The zero-order valence-corrected chi connectivity index (χ0v) is 19.5. The number of ether oxygens (including phenoxy) is 1. The number of allylic oxidation sites excluding steroid dienone is 3. The third kappa shape index (κ3) is 5.50. The van der Waals surface area contributed by atoms with Crippen LogP contribution in [0.2, 0.25) is 0 Å². The number of carbonyl (C=O) groups is 2. The number of H-pyrrole nitrogens is 1. The molecule has 1 aromatic rings. The lowest BCUT2D eigenvalue weighted by molar-refractivity contribution is -0.115. The van der Waals surface area contributed by atoms with Gasteiger partial charge in [0, 0.05) is 54.7 Å². The summed E-state index contributed by atoms with van der Waals surface area (Å²) in [6.45, 7) is 9.03. The minimum atomic E-state index is -0.664. The molecule has 9 heteroatoms. The van der Waals surface area contributed by atoms with E-state index in [1.807, 2.05) is 26.8 Å². The van der Waals surface area contributed by atoms with Crippen molar-refractivity contribution in [2.45, 2.75) is 26.9 Å². The number of hydrogen-bond acceptors (Lipinski definition) is 5. The number of aliphatic hydroxyl groups is 1. The fourth-order valence-electron chi connectivity index (χ4n) is 4.04. The predicted molar refractivity (Wildman–Crippen MR) is 125 cm³/mol. The van der Waals surface area contributed by atoms with Gasteiger partial charge in [-0.05, 0) is 32.4 Å². The summed E-state index contributed by atoms with van der Waals surface area (Å²) in [4.78, 5) is 30.7. The van der Waals surface area contributed by atoms with Gasteiger partial charge in [0.05, 0.1) is 30.5 Å². The van der Waals surface area contributed by atoms with Crippen LogP contribution in [0.3, 0.4) is 0 Å². The Morgan fingerprint density at radius 2 is 2.03 bits per heavy atom. The number of halogens is 1. The quantitative estimate of drug-likeness (QED) is 0.364. The highest BCUT2D eigenvalue weighted by atomic mass is 35.5. The number of nitrogens with one attached hydrogen (secondary N) is 3. The Hall–Kier alpha value is -2.39. The number of amides is 2. The molecule has 32 heavy (non-hydrogen) atoms. The fourth-order valence-corrected chi connectivity index (χ4v) is 4.20. The highest BCUT2D eigenvalue weighted by Gasteiger charge is 2.27. The first-order valence-electron chi connectivity index (χ1n) is 10.8. The van der Waals surface area contributed by atoms with Gasteiger partial charge in [-0.3, -0.25) is 14.5 Å². The molecule has 0 bridgehead atoms. The van der Waals surface area contributed by atoms with E-state index in [-0.39, 0.29) is 24.2 Å². The second-order valence-electron chi connectivity index (χ2n) is 7.93. The van der Waals surface area contributed by atoms with Gasteiger partial charge in [-0.25, -0.2) is 0 Å². The van der Waals surface area contributed by atoms with Crippen LogP contribution < -0.4 is 10.6 Å². The van der Waals surface area contributed by atoms with E-state index >= 15 is 0 Å². The smallest absolute Gasteiger partial charge is 0.256 e. The molecule has 3 rings (SSSR count). The Morgan fingerprint density at radius 1 is 1.31 bits per heavy atom. The molecule has 4 N–H and O–H groups in total. The number of hydrogen-bond donors (Lipinski definition) is 4. The van der Waals surface area contributed by atoms with Crippen molar-refractivity contribution in [3.63, 3.8) is 0 Å². The first-order chi connectivity index (χ1) is 15.3. The fraction of sp³-hybridized carbons (Fsp3) is 0.478. The predicted octanol–water partition coefficient (Wildman–Crippen LogP) is 1.64. The average Bonchev–Trinajstić information content (AvgIpc) is 3.22. The number of nitrogens with zero attached hydrogens (tertiary/aromatic N) is 1. The third-order valence-electron chi connectivity index (χ3n) is 5.71. The number of aromatic nitrogens is 1. The molecule has 3 heterocycles. The number of alkyl halides is 1. The molecule has 0 saturated carbocycles. The van der Waals surface area contributed by atoms with Crippen molar-refractivity contribution in [3.8, 4) is 0 Å². The zero-order valence-electron chi connectivity index (χ0n) is 18.8. The van der Waals surface area contributed by atoms with Gasteiger partial charge in [-0.1, -0.05) is 12.2 Å². The molecule has 2 fully saturated rings. The van der Waals surface area contributed by atoms with E-state index < -0.39 is 6.10 Å². The maximum atomic E-state index is 12.8. The van der Waals surface area contributed by atoms with Crippen molar-refractivity contribution in [3.05, 3.63) is 51.5 Å². The summed E-state index contributed by atoms with van der Waals surface area (Å²) < 4.78 is 5.31. The number of β-amino-alcohol motifs (C(OH)–C–C–N with tert-alkyl or cyclic N) is 1. The molecule has 0 aliphatic carbocycles. The maximum Gasteiger partial charge on any atom is 0.256 e. The molecule has 8 nitrogen and oxygen atoms in total. The van der Waals surface area contributed by atoms with E-state index in [4.69, 9.17) is 16.3 Å². The molecule has 0 spiro atoms. The molecule has 0 aromatic carbocycles. The minimum Gasteiger partial charge on any atom is -0.390 e. The molecule has 2 saturated heterocycles. The standard InChI is InChI=1S/C23H31ClN4O4/c1-4-19-17(5-6-24)18(22(30)27-19)11-20-14(2)21(15(3)26-20)23(31)25-12-16(29)13-28-7-9-32-10-8-28/h4-5,11,16,26,29H,6-10,12-13H2,1-3H3,(H,25,31)(H,27,30)/b17-5-,18-11-,19-4+. The van der Waals surface area contributed by atoms with E-state index in [0.29, 0.717) is 42.3 Å². The van der Waals surface area contributed by atoms with Crippen LogP contribution in [0.4, 0.5) is 0 Å². The second kappa shape index (κ2) is 11.0. The summed E-state index contributed by atoms with van der Waals surface area (Å²) in [5, 5.41) is 16.0. The normalized spacial score (nSPS) is 22.0. The van der Waals surface area contributed by atoms with Gasteiger partial charge in [-0.2, -0.15) is 0 Å². The van der Waals surface area contributed by atoms with Crippen LogP contribution in [0, 0.1) is 13.8 Å². The van der Waals surface area contributed by atoms with Crippen molar-refractivity contribution in [2.24, 2.45) is 0 Å². The zero-order chi connectivity index (χ0) is 23.3. The van der Waals surface area contributed by atoms with Crippen LogP contribution in [-0.2, 0) is 9.53 Å². The van der Waals surface area contributed by atoms with Crippen LogP contribution in [-0.4, -0.2) is 78.2 Å². The molecule has 1 aromatic heterocycles. The Morgan fingerprint density at radius 3 is 2.69 bits per heavy atom. The van der Waals surface area contributed by atoms with Gasteiger partial charge in [0.15, 0.2) is 0 Å². The van der Waals surface area contributed by atoms with Crippen molar-refractivity contribution in [2.75, 3.05) is 45.3 Å². The summed E-state index contributed by atoms with van der Waals surface area (Å²) in [6.07, 6.45) is 4.69. The van der Waals surface area contributed by atoms with E-state index in [0.717, 1.165) is 29.9 Å². The van der Waals surface area contributed by atoms with Crippen LogP contribution in [0.15, 0.2) is 29.0 Å². The van der Waals surface area contributed by atoms with Crippen LogP contribution in [0.5, 0.6) is 0 Å². The molecule has 0 radical (unpaired) electrons. The molecule has 2 aliphatic rings. The molecule has 1 atom stereocenters. The van der Waals surface area contributed by atoms with Gasteiger partial charge >= 0.3 is 0 Å². The number of aliphatic hydroxyl groups excluding tert-OH is 1. The van der Waals surface area contributed by atoms with Crippen LogP contribution in [0.1, 0.15) is 34.2 Å².